The molecule has 0 aliphatic carbocycles. The van der Waals surface area contributed by atoms with Crippen LogP contribution in [0.4, 0.5) is 0 Å². The number of nitrogens with two attached hydrogens (primary N) is 1. The molecule has 0 radical (unpaired) electrons. The molecule has 2 N–H and O–H groups in total. The van der Waals surface area contributed by atoms with E-state index in [4.69, 9.17) is 55.4 Å². The summed E-state index contributed by atoms with van der Waals surface area (Å²) in [5, 5.41) is 0.911. The van der Waals surface area contributed by atoms with Crippen LogP contribution in [0.3, 0.4) is 0 Å². The van der Waals surface area contributed by atoms with Gasteiger partial charge in [-0.1, -0.05) is 47.6 Å². The number of thiocarbonyl (C=S) groups is 1. The standard InChI is InChI=1S/C16H15Cl2NO3S/c1-20-14-9-10(16(19)23)8-12(18)15(14)22-7-6-21-13-5-3-2-4-11(13)17/h2-5,8-9H,6-7H2,1H3,(H2,19,23). The van der Waals surface area contributed by atoms with Crippen molar-refractivity contribution in [3.63, 3.8) is 0 Å². The lowest BCUT2D eigenvalue weighted by molar-refractivity contribution is 0.211. The fraction of sp³-hybridized carbons (Fsp3) is 0.188. The number of hydrogen-bond acceptors (Lipinski definition) is 4. The first-order chi connectivity index (χ1) is 11.0. The molecule has 0 saturated heterocycles. The van der Waals surface area contributed by atoms with Gasteiger partial charge >= 0.3 is 0 Å². The fourth-order valence-electron chi connectivity index (χ4n) is 1.86. The molecule has 0 aliphatic rings. The van der Waals surface area contributed by atoms with E-state index < -0.39 is 0 Å². The van der Waals surface area contributed by atoms with E-state index in [9.17, 15) is 0 Å². The maximum atomic E-state index is 6.20. The molecule has 4 nitrogen and oxygen atoms in total. The molecule has 0 spiro atoms. The first kappa shape index (κ1) is 17.7. The predicted octanol–water partition coefficient (Wildman–Crippen LogP) is 4.09. The Morgan fingerprint density at radius 1 is 1.04 bits per heavy atom. The van der Waals surface area contributed by atoms with E-state index in [1.54, 1.807) is 24.3 Å². The zero-order valence-electron chi connectivity index (χ0n) is 12.3. The van der Waals surface area contributed by atoms with Gasteiger partial charge in [0.2, 0.25) is 0 Å². The summed E-state index contributed by atoms with van der Waals surface area (Å²) in [6, 6.07) is 10.5. The first-order valence-corrected chi connectivity index (χ1v) is 7.86. The quantitative estimate of drug-likeness (QED) is 0.586. The molecule has 23 heavy (non-hydrogen) atoms. The Morgan fingerprint density at radius 3 is 2.39 bits per heavy atom. The van der Waals surface area contributed by atoms with Crippen LogP contribution in [0.15, 0.2) is 36.4 Å². The van der Waals surface area contributed by atoms with Crippen molar-refractivity contribution in [2.45, 2.75) is 0 Å². The molecule has 122 valence electrons. The van der Waals surface area contributed by atoms with Crippen LogP contribution < -0.4 is 19.9 Å². The molecule has 0 atom stereocenters. The summed E-state index contributed by atoms with van der Waals surface area (Å²) in [6.07, 6.45) is 0. The van der Waals surface area contributed by atoms with Gasteiger partial charge in [0, 0.05) is 5.56 Å². The SMILES string of the molecule is COc1cc(C(N)=S)cc(Cl)c1OCCOc1ccccc1Cl. The third-order valence-electron chi connectivity index (χ3n) is 2.94. The Hall–Kier alpha value is -1.69. The van der Waals surface area contributed by atoms with Gasteiger partial charge in [-0.25, -0.2) is 0 Å². The van der Waals surface area contributed by atoms with Gasteiger partial charge in [-0.2, -0.15) is 0 Å². The molecular formula is C16H15Cl2NO3S. The fourth-order valence-corrected chi connectivity index (χ4v) is 2.43. The van der Waals surface area contributed by atoms with Gasteiger partial charge in [0.25, 0.3) is 0 Å². The zero-order valence-corrected chi connectivity index (χ0v) is 14.7. The molecule has 0 fully saturated rings. The van der Waals surface area contributed by atoms with E-state index in [1.165, 1.54) is 7.11 Å². The molecule has 2 rings (SSSR count). The molecular weight excluding hydrogens is 357 g/mol. The number of hydrogen-bond donors (Lipinski definition) is 1. The Morgan fingerprint density at radius 2 is 1.74 bits per heavy atom. The maximum absolute atomic E-state index is 6.20. The molecule has 7 heteroatoms. The van der Waals surface area contributed by atoms with Gasteiger partial charge in [0.05, 0.1) is 17.2 Å². The molecule has 2 aromatic rings. The zero-order chi connectivity index (χ0) is 16.8. The van der Waals surface area contributed by atoms with Gasteiger partial charge in [-0.15, -0.1) is 0 Å². The van der Waals surface area contributed by atoms with Crippen molar-refractivity contribution in [2.24, 2.45) is 5.73 Å². The van der Waals surface area contributed by atoms with E-state index in [-0.39, 0.29) is 11.6 Å². The van der Waals surface area contributed by atoms with Crippen LogP contribution in [0.2, 0.25) is 10.0 Å². The molecule has 2 aromatic carbocycles. The maximum Gasteiger partial charge on any atom is 0.179 e. The van der Waals surface area contributed by atoms with E-state index in [0.29, 0.717) is 39.5 Å². The summed E-state index contributed by atoms with van der Waals surface area (Å²) in [5.41, 5.74) is 6.21. The summed E-state index contributed by atoms with van der Waals surface area (Å²) in [7, 11) is 1.52. The number of para-hydroxylation sites is 1. The third kappa shape index (κ3) is 4.64. The van der Waals surface area contributed by atoms with Gasteiger partial charge < -0.3 is 19.9 Å². The monoisotopic (exact) mass is 371 g/mol. The van der Waals surface area contributed by atoms with Gasteiger partial charge in [-0.05, 0) is 24.3 Å². The topological polar surface area (TPSA) is 53.7 Å². The van der Waals surface area contributed by atoms with Crippen LogP contribution in [-0.4, -0.2) is 25.3 Å². The van der Waals surface area contributed by atoms with E-state index >= 15 is 0 Å². The molecule has 0 bridgehead atoms. The highest BCUT2D eigenvalue weighted by molar-refractivity contribution is 7.80. The second kappa shape index (κ2) is 8.24. The lowest BCUT2D eigenvalue weighted by Crippen LogP contribution is -2.12. The molecule has 0 saturated carbocycles. The number of rotatable bonds is 7. The highest BCUT2D eigenvalue weighted by Crippen LogP contribution is 2.36. The minimum absolute atomic E-state index is 0.235. The van der Waals surface area contributed by atoms with Crippen molar-refractivity contribution in [2.75, 3.05) is 20.3 Å². The van der Waals surface area contributed by atoms with Crippen LogP contribution in [0.1, 0.15) is 5.56 Å². The summed E-state index contributed by atoms with van der Waals surface area (Å²) in [5.74, 6) is 1.47. The van der Waals surface area contributed by atoms with Crippen LogP contribution in [0.5, 0.6) is 17.2 Å². The van der Waals surface area contributed by atoms with Gasteiger partial charge in [-0.3, -0.25) is 0 Å². The second-order valence-electron chi connectivity index (χ2n) is 4.48. The smallest absolute Gasteiger partial charge is 0.179 e. The van der Waals surface area contributed by atoms with Crippen molar-refractivity contribution in [3.05, 3.63) is 52.0 Å². The normalized spacial score (nSPS) is 10.2. The highest BCUT2D eigenvalue weighted by atomic mass is 35.5. The number of halogens is 2. The van der Waals surface area contributed by atoms with Crippen molar-refractivity contribution in [3.8, 4) is 17.2 Å². The minimum Gasteiger partial charge on any atom is -0.493 e. The van der Waals surface area contributed by atoms with Gasteiger partial charge in [0.1, 0.15) is 24.0 Å². The Balaban J connectivity index is 2.00. The van der Waals surface area contributed by atoms with E-state index in [1.807, 2.05) is 12.1 Å². The summed E-state index contributed by atoms with van der Waals surface area (Å²) >= 11 is 17.1. The largest absolute Gasteiger partial charge is 0.493 e. The number of methoxy groups -OCH3 is 1. The van der Waals surface area contributed by atoms with E-state index in [2.05, 4.69) is 0 Å². The first-order valence-electron chi connectivity index (χ1n) is 6.70. The lowest BCUT2D eigenvalue weighted by Gasteiger charge is -2.14. The Labute approximate surface area is 150 Å². The average molecular weight is 372 g/mol. The lowest BCUT2D eigenvalue weighted by atomic mass is 10.2. The van der Waals surface area contributed by atoms with Crippen molar-refractivity contribution in [1.29, 1.82) is 0 Å². The summed E-state index contributed by atoms with van der Waals surface area (Å²) < 4.78 is 16.5. The predicted molar refractivity (Wildman–Crippen MR) is 96.3 cm³/mol. The minimum atomic E-state index is 0.235. The summed E-state index contributed by atoms with van der Waals surface area (Å²) in [4.78, 5) is 0.235. The summed E-state index contributed by atoms with van der Waals surface area (Å²) in [6.45, 7) is 0.577. The van der Waals surface area contributed by atoms with E-state index in [0.717, 1.165) is 0 Å². The molecule has 0 unspecified atom stereocenters. The highest BCUT2D eigenvalue weighted by Gasteiger charge is 2.13. The average Bonchev–Trinajstić information content (AvgIpc) is 2.53. The van der Waals surface area contributed by atoms with Gasteiger partial charge in [0.15, 0.2) is 11.5 Å². The molecule has 0 aliphatic heterocycles. The Kier molecular flexibility index (Phi) is 6.33. The molecule has 0 amide bonds. The molecule has 0 aromatic heterocycles. The van der Waals surface area contributed by atoms with Crippen LogP contribution in [0.25, 0.3) is 0 Å². The Bertz CT molecular complexity index is 710. The molecule has 0 heterocycles. The third-order valence-corrected chi connectivity index (χ3v) is 3.77. The van der Waals surface area contributed by atoms with Crippen molar-refractivity contribution in [1.82, 2.24) is 0 Å². The number of benzene rings is 2. The van der Waals surface area contributed by atoms with Crippen LogP contribution >= 0.6 is 35.4 Å². The second-order valence-corrected chi connectivity index (χ2v) is 5.74. The van der Waals surface area contributed by atoms with Crippen molar-refractivity contribution >= 4 is 40.4 Å². The number of ether oxygens (including phenoxy) is 3. The van der Waals surface area contributed by atoms with Crippen molar-refractivity contribution < 1.29 is 14.2 Å². The van der Waals surface area contributed by atoms with Crippen LogP contribution in [-0.2, 0) is 0 Å². The van der Waals surface area contributed by atoms with Crippen LogP contribution in [0, 0.1) is 0 Å².